The molecule has 0 fully saturated rings. The van der Waals surface area contributed by atoms with Crippen LogP contribution < -0.4 is 4.90 Å². The van der Waals surface area contributed by atoms with Crippen molar-refractivity contribution in [3.8, 4) is 0 Å². The van der Waals surface area contributed by atoms with Gasteiger partial charge in [0.1, 0.15) is 6.17 Å². The van der Waals surface area contributed by atoms with E-state index < -0.39 is 0 Å². The van der Waals surface area contributed by atoms with Crippen LogP contribution in [0.5, 0.6) is 0 Å². The number of anilines is 1. The fourth-order valence-electron chi connectivity index (χ4n) is 3.26. The molecule has 0 spiro atoms. The van der Waals surface area contributed by atoms with Gasteiger partial charge in [-0.3, -0.25) is 4.99 Å². The average Bonchev–Trinajstić information content (AvgIpc) is 3.09. The van der Waals surface area contributed by atoms with Gasteiger partial charge in [0.05, 0.1) is 12.3 Å². The molecule has 0 amide bonds. The Morgan fingerprint density at radius 2 is 1.36 bits per heavy atom. The lowest BCUT2D eigenvalue weighted by atomic mass is 10.1. The Kier molecular flexibility index (Phi) is 4.10. The van der Waals surface area contributed by atoms with Gasteiger partial charge in [0, 0.05) is 5.69 Å². The maximum Gasteiger partial charge on any atom is 0.147 e. The molecule has 1 heterocycles. The van der Waals surface area contributed by atoms with E-state index in [1.807, 2.05) is 6.07 Å². The van der Waals surface area contributed by atoms with Gasteiger partial charge in [0.2, 0.25) is 0 Å². The van der Waals surface area contributed by atoms with Crippen molar-refractivity contribution in [1.29, 1.82) is 0 Å². The quantitative estimate of drug-likeness (QED) is 0.637. The van der Waals surface area contributed by atoms with Crippen molar-refractivity contribution in [3.63, 3.8) is 0 Å². The molecule has 0 saturated heterocycles. The first-order valence-corrected chi connectivity index (χ1v) is 8.73. The van der Waals surface area contributed by atoms with Gasteiger partial charge in [-0.25, -0.2) is 0 Å². The molecule has 0 aliphatic carbocycles. The van der Waals surface area contributed by atoms with Crippen LogP contribution in [0, 0.1) is 13.8 Å². The Morgan fingerprint density at radius 3 is 2.00 bits per heavy atom. The second-order valence-electron chi connectivity index (χ2n) is 6.69. The molecule has 1 aliphatic heterocycles. The molecular weight excluding hydrogens is 304 g/mol. The summed E-state index contributed by atoms with van der Waals surface area (Å²) in [7, 11) is 0. The zero-order chi connectivity index (χ0) is 17.2. The molecule has 0 aromatic heterocycles. The number of hydrogen-bond donors (Lipinski definition) is 0. The van der Waals surface area contributed by atoms with Gasteiger partial charge in [-0.15, -0.1) is 0 Å². The highest BCUT2D eigenvalue weighted by molar-refractivity contribution is 6.05. The predicted octanol–water partition coefficient (Wildman–Crippen LogP) is 5.31. The molecule has 0 bridgehead atoms. The van der Waals surface area contributed by atoms with Crippen molar-refractivity contribution in [3.05, 3.63) is 101 Å². The predicted molar refractivity (Wildman–Crippen MR) is 105 cm³/mol. The number of hydrogen-bond acceptors (Lipinski definition) is 2. The topological polar surface area (TPSA) is 15.6 Å². The molecule has 1 unspecified atom stereocenters. The minimum Gasteiger partial charge on any atom is -0.340 e. The normalized spacial score (nSPS) is 16.8. The van der Waals surface area contributed by atoms with Gasteiger partial charge in [-0.2, -0.15) is 0 Å². The lowest BCUT2D eigenvalue weighted by molar-refractivity contribution is 0.729. The zero-order valence-electron chi connectivity index (χ0n) is 14.7. The molecule has 3 aromatic carbocycles. The van der Waals surface area contributed by atoms with Crippen LogP contribution in [0.2, 0.25) is 0 Å². The van der Waals surface area contributed by atoms with Gasteiger partial charge in [0.25, 0.3) is 0 Å². The van der Waals surface area contributed by atoms with Gasteiger partial charge in [-0.05, 0) is 37.1 Å². The van der Waals surface area contributed by atoms with Crippen molar-refractivity contribution >= 4 is 11.4 Å². The molecule has 4 rings (SSSR count). The Balaban J connectivity index is 1.74. The van der Waals surface area contributed by atoms with E-state index in [-0.39, 0.29) is 6.17 Å². The van der Waals surface area contributed by atoms with E-state index >= 15 is 0 Å². The molecule has 0 radical (unpaired) electrons. The number of aliphatic imine (C=N–C) groups is 1. The van der Waals surface area contributed by atoms with Crippen LogP contribution in [0.3, 0.4) is 0 Å². The molecule has 1 aliphatic rings. The number of aryl methyl sites for hydroxylation is 2. The van der Waals surface area contributed by atoms with E-state index in [2.05, 4.69) is 91.5 Å². The summed E-state index contributed by atoms with van der Waals surface area (Å²) in [6, 6.07) is 27.9. The molecule has 0 saturated carbocycles. The third-order valence-corrected chi connectivity index (χ3v) is 4.74. The fourth-order valence-corrected chi connectivity index (χ4v) is 3.26. The molecule has 1 atom stereocenters. The van der Waals surface area contributed by atoms with E-state index in [9.17, 15) is 0 Å². The summed E-state index contributed by atoms with van der Waals surface area (Å²) >= 11 is 0. The van der Waals surface area contributed by atoms with Crippen molar-refractivity contribution in [2.75, 3.05) is 11.4 Å². The highest BCUT2D eigenvalue weighted by Crippen LogP contribution is 2.33. The second-order valence-corrected chi connectivity index (χ2v) is 6.69. The number of benzene rings is 3. The minimum atomic E-state index is 0.0264. The highest BCUT2D eigenvalue weighted by Gasteiger charge is 2.28. The lowest BCUT2D eigenvalue weighted by Gasteiger charge is -2.26. The Labute approximate surface area is 149 Å². The summed E-state index contributed by atoms with van der Waals surface area (Å²) in [4.78, 5) is 7.46. The van der Waals surface area contributed by atoms with Gasteiger partial charge in [-0.1, -0.05) is 77.9 Å². The van der Waals surface area contributed by atoms with E-state index in [0.717, 1.165) is 12.3 Å². The van der Waals surface area contributed by atoms with E-state index in [1.165, 1.54) is 27.9 Å². The summed E-state index contributed by atoms with van der Waals surface area (Å²) in [5, 5.41) is 0. The Morgan fingerprint density at radius 1 is 0.760 bits per heavy atom. The summed E-state index contributed by atoms with van der Waals surface area (Å²) in [6.45, 7) is 5.07. The van der Waals surface area contributed by atoms with Crippen molar-refractivity contribution in [2.45, 2.75) is 20.0 Å². The second kappa shape index (κ2) is 6.56. The van der Waals surface area contributed by atoms with E-state index in [4.69, 9.17) is 4.99 Å². The largest absolute Gasteiger partial charge is 0.340 e. The molecule has 0 N–H and O–H groups in total. The summed E-state index contributed by atoms with van der Waals surface area (Å²) in [5.41, 5.74) is 7.35. The third-order valence-electron chi connectivity index (χ3n) is 4.74. The van der Waals surface area contributed by atoms with Crippen LogP contribution in [0.1, 0.15) is 28.4 Å². The Bertz CT molecular complexity index is 878. The first-order valence-electron chi connectivity index (χ1n) is 8.73. The molecule has 25 heavy (non-hydrogen) atoms. The maximum absolute atomic E-state index is 5.08. The number of nitrogens with zero attached hydrogens (tertiary/aromatic N) is 2. The van der Waals surface area contributed by atoms with Crippen LogP contribution in [-0.2, 0) is 0 Å². The zero-order valence-corrected chi connectivity index (χ0v) is 14.7. The molecular formula is C23H22N2. The molecule has 2 heteroatoms. The molecule has 3 aromatic rings. The van der Waals surface area contributed by atoms with Crippen LogP contribution in [0.15, 0.2) is 83.9 Å². The highest BCUT2D eigenvalue weighted by atomic mass is 15.3. The van der Waals surface area contributed by atoms with Crippen LogP contribution in [0.25, 0.3) is 0 Å². The van der Waals surface area contributed by atoms with E-state index in [1.54, 1.807) is 0 Å². The Hall–Kier alpha value is -2.87. The van der Waals surface area contributed by atoms with Gasteiger partial charge >= 0.3 is 0 Å². The van der Waals surface area contributed by atoms with Crippen LogP contribution in [-0.4, -0.2) is 12.3 Å². The van der Waals surface area contributed by atoms with E-state index in [0.29, 0.717) is 0 Å². The molecule has 124 valence electrons. The monoisotopic (exact) mass is 326 g/mol. The van der Waals surface area contributed by atoms with Gasteiger partial charge < -0.3 is 4.90 Å². The molecule has 2 nitrogen and oxygen atoms in total. The van der Waals surface area contributed by atoms with Crippen LogP contribution >= 0.6 is 0 Å². The van der Waals surface area contributed by atoms with Gasteiger partial charge in [0.15, 0.2) is 0 Å². The average molecular weight is 326 g/mol. The van der Waals surface area contributed by atoms with Crippen molar-refractivity contribution < 1.29 is 0 Å². The number of rotatable bonds is 3. The van der Waals surface area contributed by atoms with Crippen molar-refractivity contribution in [2.24, 2.45) is 4.99 Å². The third kappa shape index (κ3) is 3.20. The minimum absolute atomic E-state index is 0.0264. The van der Waals surface area contributed by atoms with Crippen molar-refractivity contribution in [1.82, 2.24) is 0 Å². The fraction of sp³-hybridized carbons (Fsp3) is 0.174. The maximum atomic E-state index is 5.08. The SMILES string of the molecule is Cc1ccc(C2N=C(c3ccccc3)CN2c2ccc(C)cc2)cc1. The lowest BCUT2D eigenvalue weighted by Crippen LogP contribution is -2.26. The first kappa shape index (κ1) is 15.6. The standard InChI is InChI=1S/C23H22N2/c1-17-8-12-20(13-9-17)23-24-22(19-6-4-3-5-7-19)16-25(23)21-14-10-18(2)11-15-21/h3-15,23H,16H2,1-2H3. The summed E-state index contributed by atoms with van der Waals surface area (Å²) < 4.78 is 0. The summed E-state index contributed by atoms with van der Waals surface area (Å²) in [6.07, 6.45) is 0.0264. The van der Waals surface area contributed by atoms with Crippen LogP contribution in [0.4, 0.5) is 5.69 Å². The smallest absolute Gasteiger partial charge is 0.147 e. The first-order chi connectivity index (χ1) is 12.2. The summed E-state index contributed by atoms with van der Waals surface area (Å²) in [5.74, 6) is 0.